The monoisotopic (exact) mass is 267 g/mol. The van der Waals surface area contributed by atoms with Gasteiger partial charge in [-0.1, -0.05) is 0 Å². The lowest BCUT2D eigenvalue weighted by atomic mass is 10.1. The van der Waals surface area contributed by atoms with Crippen molar-refractivity contribution in [3.8, 4) is 0 Å². The quantitative estimate of drug-likeness (QED) is 0.401. The first-order valence-corrected chi connectivity index (χ1v) is 7.20. The van der Waals surface area contributed by atoms with Gasteiger partial charge in [0.25, 0.3) is 0 Å². The molecule has 18 heavy (non-hydrogen) atoms. The molecule has 0 unspecified atom stereocenters. The third-order valence-electron chi connectivity index (χ3n) is 3.11. The summed E-state index contributed by atoms with van der Waals surface area (Å²) in [5.74, 6) is 0.847. The number of ketones is 1. The van der Waals surface area contributed by atoms with Crippen LogP contribution in [0.4, 0.5) is 5.69 Å². The van der Waals surface area contributed by atoms with E-state index < -0.39 is 0 Å². The van der Waals surface area contributed by atoms with Gasteiger partial charge in [0.2, 0.25) is 0 Å². The van der Waals surface area contributed by atoms with Crippen LogP contribution in [0.2, 0.25) is 0 Å². The highest BCUT2D eigenvalue weighted by Gasteiger charge is 2.07. The molecule has 0 heterocycles. The van der Waals surface area contributed by atoms with Gasteiger partial charge in [-0.2, -0.15) is 0 Å². The van der Waals surface area contributed by atoms with Crippen LogP contribution in [0.15, 0.2) is 24.3 Å². The largest absolute Gasteiger partial charge is 0.372 e. The Hall–Kier alpha value is -1.02. The second-order valence-corrected chi connectivity index (χ2v) is 4.67. The third kappa shape index (κ3) is 4.34. The first-order chi connectivity index (χ1) is 8.72. The van der Waals surface area contributed by atoms with E-state index in [1.54, 1.807) is 0 Å². The molecule has 0 bridgehead atoms. The molecule has 100 valence electrons. The molecule has 0 saturated heterocycles. The number of hydrogen-bond donors (Lipinski definition) is 0. The normalized spacial score (nSPS) is 10.4. The Labute approximate surface area is 115 Å². The third-order valence-corrected chi connectivity index (χ3v) is 3.37. The lowest BCUT2D eigenvalue weighted by Crippen LogP contribution is -2.21. The van der Waals surface area contributed by atoms with Crippen LogP contribution < -0.4 is 4.90 Å². The highest BCUT2D eigenvalue weighted by atomic mass is 35.5. The molecule has 0 radical (unpaired) electrons. The predicted molar refractivity (Wildman–Crippen MR) is 78.9 cm³/mol. The highest BCUT2D eigenvalue weighted by Crippen LogP contribution is 2.16. The molecule has 0 fully saturated rings. The SMILES string of the molecule is CCN(CC)c1ccc(C(=O)CCCCCl)cc1. The summed E-state index contributed by atoms with van der Waals surface area (Å²) >= 11 is 5.60. The Bertz CT molecular complexity index is 357. The van der Waals surface area contributed by atoms with E-state index in [0.717, 1.165) is 31.5 Å². The van der Waals surface area contributed by atoms with Crippen molar-refractivity contribution in [2.24, 2.45) is 0 Å². The van der Waals surface area contributed by atoms with Gasteiger partial charge in [0, 0.05) is 36.6 Å². The van der Waals surface area contributed by atoms with Gasteiger partial charge in [0.15, 0.2) is 5.78 Å². The topological polar surface area (TPSA) is 20.3 Å². The van der Waals surface area contributed by atoms with E-state index >= 15 is 0 Å². The van der Waals surface area contributed by atoms with E-state index in [2.05, 4.69) is 18.7 Å². The number of anilines is 1. The number of benzene rings is 1. The molecule has 0 atom stereocenters. The standard InChI is InChI=1S/C15H22ClNO/c1-3-17(4-2)14-10-8-13(9-11-14)15(18)7-5-6-12-16/h8-11H,3-7,12H2,1-2H3. The number of halogens is 1. The molecule has 1 aromatic rings. The molecule has 0 aliphatic heterocycles. The smallest absolute Gasteiger partial charge is 0.162 e. The molecule has 0 spiro atoms. The summed E-state index contributed by atoms with van der Waals surface area (Å²) in [4.78, 5) is 14.1. The van der Waals surface area contributed by atoms with Crippen molar-refractivity contribution in [1.29, 1.82) is 0 Å². The maximum atomic E-state index is 11.9. The molecule has 0 aromatic heterocycles. The zero-order chi connectivity index (χ0) is 13.4. The Morgan fingerprint density at radius 1 is 1.11 bits per heavy atom. The van der Waals surface area contributed by atoms with Gasteiger partial charge in [0.1, 0.15) is 0 Å². The molecule has 1 rings (SSSR count). The summed E-state index contributed by atoms with van der Waals surface area (Å²) in [5.41, 5.74) is 1.98. The van der Waals surface area contributed by atoms with Gasteiger partial charge in [-0.25, -0.2) is 0 Å². The fourth-order valence-electron chi connectivity index (χ4n) is 1.97. The van der Waals surface area contributed by atoms with Crippen molar-refractivity contribution < 1.29 is 4.79 Å². The van der Waals surface area contributed by atoms with Crippen LogP contribution in [0.1, 0.15) is 43.5 Å². The predicted octanol–water partition coefficient (Wildman–Crippen LogP) is 4.12. The van der Waals surface area contributed by atoms with Crippen LogP contribution in [0.3, 0.4) is 0 Å². The Kier molecular flexibility index (Phi) is 6.81. The van der Waals surface area contributed by atoms with Crippen molar-refractivity contribution in [3.05, 3.63) is 29.8 Å². The van der Waals surface area contributed by atoms with E-state index in [1.165, 1.54) is 5.69 Å². The first-order valence-electron chi connectivity index (χ1n) is 6.67. The molecule has 3 heteroatoms. The minimum atomic E-state index is 0.214. The lowest BCUT2D eigenvalue weighted by molar-refractivity contribution is 0.0980. The molecule has 0 aliphatic rings. The number of carbonyl (C=O) groups excluding carboxylic acids is 1. The number of Topliss-reactive ketones (excluding diaryl/α,β-unsaturated/α-hetero) is 1. The molecular weight excluding hydrogens is 246 g/mol. The van der Waals surface area contributed by atoms with Gasteiger partial charge in [0.05, 0.1) is 0 Å². The molecule has 0 saturated carbocycles. The number of carbonyl (C=O) groups is 1. The van der Waals surface area contributed by atoms with Crippen molar-refractivity contribution in [2.75, 3.05) is 23.9 Å². The number of hydrogen-bond acceptors (Lipinski definition) is 2. The Morgan fingerprint density at radius 3 is 2.22 bits per heavy atom. The van der Waals surface area contributed by atoms with E-state index in [1.807, 2.05) is 24.3 Å². The van der Waals surface area contributed by atoms with Crippen LogP contribution in [-0.4, -0.2) is 24.8 Å². The van der Waals surface area contributed by atoms with Gasteiger partial charge in [-0.3, -0.25) is 4.79 Å². The van der Waals surface area contributed by atoms with Crippen LogP contribution in [-0.2, 0) is 0 Å². The fraction of sp³-hybridized carbons (Fsp3) is 0.533. The van der Waals surface area contributed by atoms with Crippen LogP contribution in [0.5, 0.6) is 0 Å². The van der Waals surface area contributed by atoms with Gasteiger partial charge < -0.3 is 4.90 Å². The van der Waals surface area contributed by atoms with Crippen molar-refractivity contribution >= 4 is 23.1 Å². The van der Waals surface area contributed by atoms with Crippen molar-refractivity contribution in [2.45, 2.75) is 33.1 Å². The second kappa shape index (κ2) is 8.15. The van der Waals surface area contributed by atoms with E-state index in [0.29, 0.717) is 12.3 Å². The second-order valence-electron chi connectivity index (χ2n) is 4.29. The summed E-state index contributed by atoms with van der Waals surface area (Å²) in [6.45, 7) is 6.24. The summed E-state index contributed by atoms with van der Waals surface area (Å²) in [5, 5.41) is 0. The van der Waals surface area contributed by atoms with Gasteiger partial charge >= 0.3 is 0 Å². The maximum Gasteiger partial charge on any atom is 0.162 e. The molecule has 0 N–H and O–H groups in total. The van der Waals surface area contributed by atoms with Gasteiger partial charge in [-0.15, -0.1) is 11.6 Å². The molecule has 0 aliphatic carbocycles. The number of nitrogens with zero attached hydrogens (tertiary/aromatic N) is 1. The van der Waals surface area contributed by atoms with Crippen LogP contribution >= 0.6 is 11.6 Å². The molecule has 2 nitrogen and oxygen atoms in total. The Balaban J connectivity index is 2.61. The van der Waals surface area contributed by atoms with Gasteiger partial charge in [-0.05, 0) is 51.0 Å². The van der Waals surface area contributed by atoms with Crippen LogP contribution in [0, 0.1) is 0 Å². The fourth-order valence-corrected chi connectivity index (χ4v) is 2.16. The first kappa shape index (κ1) is 15.0. The number of rotatable bonds is 8. The lowest BCUT2D eigenvalue weighted by Gasteiger charge is -2.21. The van der Waals surface area contributed by atoms with E-state index in [-0.39, 0.29) is 5.78 Å². The maximum absolute atomic E-state index is 11.9. The van der Waals surface area contributed by atoms with E-state index in [9.17, 15) is 4.79 Å². The highest BCUT2D eigenvalue weighted by molar-refractivity contribution is 6.17. The Morgan fingerprint density at radius 2 is 1.72 bits per heavy atom. The minimum Gasteiger partial charge on any atom is -0.372 e. The van der Waals surface area contributed by atoms with E-state index in [4.69, 9.17) is 11.6 Å². The average molecular weight is 268 g/mol. The average Bonchev–Trinajstić information content (AvgIpc) is 2.41. The van der Waals surface area contributed by atoms with Crippen molar-refractivity contribution in [1.82, 2.24) is 0 Å². The summed E-state index contributed by atoms with van der Waals surface area (Å²) in [6, 6.07) is 7.91. The summed E-state index contributed by atoms with van der Waals surface area (Å²) in [6.07, 6.45) is 2.38. The van der Waals surface area contributed by atoms with Crippen molar-refractivity contribution in [3.63, 3.8) is 0 Å². The molecular formula is C15H22ClNO. The minimum absolute atomic E-state index is 0.214. The molecule has 1 aromatic carbocycles. The summed E-state index contributed by atoms with van der Waals surface area (Å²) in [7, 11) is 0. The zero-order valence-electron chi connectivity index (χ0n) is 11.3. The summed E-state index contributed by atoms with van der Waals surface area (Å²) < 4.78 is 0. The van der Waals surface area contributed by atoms with Crippen LogP contribution in [0.25, 0.3) is 0 Å². The number of unbranched alkanes of at least 4 members (excludes halogenated alkanes) is 1. The molecule has 0 amide bonds. The number of alkyl halides is 1. The zero-order valence-corrected chi connectivity index (χ0v) is 12.0.